The second kappa shape index (κ2) is 9.77. The molecule has 2 amide bonds. The molecule has 0 bridgehead atoms. The second-order valence-corrected chi connectivity index (χ2v) is 9.27. The molecule has 0 atom stereocenters. The van der Waals surface area contributed by atoms with Crippen LogP contribution in [-0.4, -0.2) is 75.4 Å². The van der Waals surface area contributed by atoms with Gasteiger partial charge in [-0.05, 0) is 49.5 Å². The summed E-state index contributed by atoms with van der Waals surface area (Å²) in [7, 11) is 0. The number of ether oxygens (including phenoxy) is 1. The Labute approximate surface area is 204 Å². The number of hydrogen-bond donors (Lipinski definition) is 2. The maximum Gasteiger partial charge on any atom is 0.256 e. The first-order valence-corrected chi connectivity index (χ1v) is 12.0. The van der Waals surface area contributed by atoms with Crippen LogP contribution in [-0.2, 0) is 4.79 Å². The summed E-state index contributed by atoms with van der Waals surface area (Å²) in [5.41, 5.74) is 2.33. The normalized spacial score (nSPS) is 16.7. The van der Waals surface area contributed by atoms with E-state index in [1.165, 1.54) is 12.4 Å². The summed E-state index contributed by atoms with van der Waals surface area (Å²) in [4.78, 5) is 40.5. The molecule has 2 aromatic heterocycles. The highest BCUT2D eigenvalue weighted by atomic mass is 16.5. The van der Waals surface area contributed by atoms with Gasteiger partial charge in [0.15, 0.2) is 0 Å². The summed E-state index contributed by atoms with van der Waals surface area (Å²) < 4.78 is 6.01. The van der Waals surface area contributed by atoms with Gasteiger partial charge in [0.1, 0.15) is 29.6 Å². The van der Waals surface area contributed by atoms with E-state index in [2.05, 4.69) is 26.8 Å². The number of hydrogen-bond acceptors (Lipinski definition) is 6. The predicted octanol–water partition coefficient (Wildman–Crippen LogP) is 3.01. The number of anilines is 1. The Morgan fingerprint density at radius 2 is 2.03 bits per heavy atom. The van der Waals surface area contributed by atoms with Gasteiger partial charge in [0, 0.05) is 25.8 Å². The van der Waals surface area contributed by atoms with Gasteiger partial charge in [-0.1, -0.05) is 18.7 Å². The third-order valence-corrected chi connectivity index (χ3v) is 6.79. The fourth-order valence-electron chi connectivity index (χ4n) is 4.72. The lowest BCUT2D eigenvalue weighted by atomic mass is 9.96. The molecule has 2 aliphatic heterocycles. The molecule has 2 saturated heterocycles. The average molecular weight is 475 g/mol. The van der Waals surface area contributed by atoms with Crippen molar-refractivity contribution < 1.29 is 14.3 Å². The smallest absolute Gasteiger partial charge is 0.256 e. The number of likely N-dealkylation sites (tertiary alicyclic amines) is 2. The van der Waals surface area contributed by atoms with Gasteiger partial charge in [0.05, 0.1) is 24.0 Å². The van der Waals surface area contributed by atoms with E-state index in [1.807, 2.05) is 36.1 Å². The monoisotopic (exact) mass is 474 g/mol. The maximum atomic E-state index is 13.3. The Kier molecular flexibility index (Phi) is 6.39. The third kappa shape index (κ3) is 4.84. The van der Waals surface area contributed by atoms with Gasteiger partial charge >= 0.3 is 0 Å². The van der Waals surface area contributed by atoms with Crippen LogP contribution in [0.4, 0.5) is 5.82 Å². The van der Waals surface area contributed by atoms with Crippen molar-refractivity contribution in [3.63, 3.8) is 0 Å². The first-order valence-electron chi connectivity index (χ1n) is 12.0. The molecule has 5 rings (SSSR count). The molecular weight excluding hydrogens is 444 g/mol. The number of carbonyl (C=O) groups excluding carboxylic acids is 2. The zero-order valence-corrected chi connectivity index (χ0v) is 19.9. The van der Waals surface area contributed by atoms with E-state index in [-0.39, 0.29) is 17.9 Å². The van der Waals surface area contributed by atoms with Gasteiger partial charge < -0.3 is 24.8 Å². The highest BCUT2D eigenvalue weighted by Gasteiger charge is 2.34. The van der Waals surface area contributed by atoms with Crippen LogP contribution < -0.4 is 10.1 Å². The number of piperidine rings is 1. The molecule has 3 aromatic rings. The van der Waals surface area contributed by atoms with Gasteiger partial charge in [-0.2, -0.15) is 0 Å². The molecule has 0 aliphatic carbocycles. The lowest BCUT2D eigenvalue weighted by Gasteiger charge is -2.39. The number of nitrogens with one attached hydrogen (secondary N) is 2. The van der Waals surface area contributed by atoms with E-state index in [4.69, 9.17) is 4.74 Å². The van der Waals surface area contributed by atoms with E-state index in [0.29, 0.717) is 41.4 Å². The number of aromatic nitrogens is 3. The standard InChI is InChI=1S/C26H30N6O3/c1-3-22(33)31-9-7-18(8-10-31)12-27-24-23-21(13-28-25(23)30-16-29-24)26(34)32-14-20(15-32)35-19-6-4-5-17(2)11-19/h3-6,11,13,16,18,20H,1,7-10,12,14-15H2,2H3,(H2,27,28,29,30). The third-order valence-electron chi connectivity index (χ3n) is 6.79. The number of aryl methyl sites for hydroxylation is 1. The van der Waals surface area contributed by atoms with Crippen molar-refractivity contribution in [2.24, 2.45) is 5.92 Å². The molecule has 2 aliphatic rings. The molecule has 9 nitrogen and oxygen atoms in total. The molecule has 35 heavy (non-hydrogen) atoms. The van der Waals surface area contributed by atoms with E-state index >= 15 is 0 Å². The van der Waals surface area contributed by atoms with Gasteiger partial charge in [-0.25, -0.2) is 9.97 Å². The summed E-state index contributed by atoms with van der Waals surface area (Å²) in [5.74, 6) is 1.82. The Morgan fingerprint density at radius 3 is 2.77 bits per heavy atom. The highest BCUT2D eigenvalue weighted by molar-refractivity contribution is 6.09. The van der Waals surface area contributed by atoms with Gasteiger partial charge in [-0.3, -0.25) is 9.59 Å². The summed E-state index contributed by atoms with van der Waals surface area (Å²) in [6, 6.07) is 7.94. The molecule has 0 radical (unpaired) electrons. The SMILES string of the molecule is C=CC(=O)N1CCC(CNc2ncnc3[nH]cc(C(=O)N4CC(Oc5cccc(C)c5)C4)c23)CC1. The topological polar surface area (TPSA) is 103 Å². The van der Waals surface area contributed by atoms with Crippen molar-refractivity contribution in [3.8, 4) is 5.75 Å². The quantitative estimate of drug-likeness (QED) is 0.511. The summed E-state index contributed by atoms with van der Waals surface area (Å²) in [6.45, 7) is 8.85. The average Bonchev–Trinajstić information content (AvgIpc) is 3.29. The Hall–Kier alpha value is -3.88. The number of aromatic amines is 1. The maximum absolute atomic E-state index is 13.3. The molecule has 0 unspecified atom stereocenters. The van der Waals surface area contributed by atoms with E-state index in [9.17, 15) is 9.59 Å². The Balaban J connectivity index is 1.21. The number of amides is 2. The van der Waals surface area contributed by atoms with Crippen LogP contribution in [0.5, 0.6) is 5.75 Å². The first kappa shape index (κ1) is 22.9. The van der Waals surface area contributed by atoms with Gasteiger partial charge in [-0.15, -0.1) is 0 Å². The van der Waals surface area contributed by atoms with Crippen LogP contribution in [0, 0.1) is 12.8 Å². The van der Waals surface area contributed by atoms with Crippen molar-refractivity contribution in [1.29, 1.82) is 0 Å². The fourth-order valence-corrected chi connectivity index (χ4v) is 4.72. The van der Waals surface area contributed by atoms with Crippen molar-refractivity contribution in [1.82, 2.24) is 24.8 Å². The minimum atomic E-state index is -0.0607. The van der Waals surface area contributed by atoms with Crippen molar-refractivity contribution in [3.05, 3.63) is 60.6 Å². The fraction of sp³-hybridized carbons (Fsp3) is 0.385. The van der Waals surface area contributed by atoms with Gasteiger partial charge in [0.2, 0.25) is 5.91 Å². The zero-order chi connectivity index (χ0) is 24.4. The predicted molar refractivity (Wildman–Crippen MR) is 133 cm³/mol. The minimum absolute atomic E-state index is 0.0121. The highest BCUT2D eigenvalue weighted by Crippen LogP contribution is 2.28. The Bertz CT molecular complexity index is 1240. The molecule has 9 heteroatoms. The minimum Gasteiger partial charge on any atom is -0.487 e. The number of nitrogens with zero attached hydrogens (tertiary/aromatic N) is 4. The lowest BCUT2D eigenvalue weighted by Crippen LogP contribution is -2.56. The van der Waals surface area contributed by atoms with Crippen molar-refractivity contribution in [2.75, 3.05) is 38.0 Å². The molecule has 182 valence electrons. The van der Waals surface area contributed by atoms with Crippen LogP contribution in [0.25, 0.3) is 11.0 Å². The van der Waals surface area contributed by atoms with Gasteiger partial charge in [0.25, 0.3) is 5.91 Å². The molecule has 0 saturated carbocycles. The summed E-state index contributed by atoms with van der Waals surface area (Å²) >= 11 is 0. The van der Waals surface area contributed by atoms with E-state index < -0.39 is 0 Å². The molecule has 0 spiro atoms. The van der Waals surface area contributed by atoms with Crippen LogP contribution in [0.15, 0.2) is 49.4 Å². The molecule has 2 fully saturated rings. The molecule has 1 aromatic carbocycles. The zero-order valence-electron chi connectivity index (χ0n) is 19.9. The van der Waals surface area contributed by atoms with Crippen molar-refractivity contribution in [2.45, 2.75) is 25.9 Å². The number of fused-ring (bicyclic) bond motifs is 1. The molecule has 2 N–H and O–H groups in total. The summed E-state index contributed by atoms with van der Waals surface area (Å²) in [6.07, 6.45) is 6.39. The van der Waals surface area contributed by atoms with Crippen LogP contribution in [0.1, 0.15) is 28.8 Å². The van der Waals surface area contributed by atoms with Crippen LogP contribution >= 0.6 is 0 Å². The van der Waals surface area contributed by atoms with E-state index in [0.717, 1.165) is 43.8 Å². The second-order valence-electron chi connectivity index (χ2n) is 9.27. The number of carbonyl (C=O) groups is 2. The first-order chi connectivity index (χ1) is 17.0. The van der Waals surface area contributed by atoms with Crippen molar-refractivity contribution >= 4 is 28.7 Å². The largest absolute Gasteiger partial charge is 0.487 e. The number of rotatable bonds is 7. The lowest BCUT2D eigenvalue weighted by molar-refractivity contribution is -0.127. The molecular formula is C26H30N6O3. The summed E-state index contributed by atoms with van der Waals surface area (Å²) in [5, 5.41) is 4.14. The van der Waals surface area contributed by atoms with E-state index in [1.54, 1.807) is 11.1 Å². The number of benzene rings is 1. The molecule has 4 heterocycles. The Morgan fingerprint density at radius 1 is 1.23 bits per heavy atom. The van der Waals surface area contributed by atoms with Crippen LogP contribution in [0.2, 0.25) is 0 Å². The number of H-pyrrole nitrogens is 1. The van der Waals surface area contributed by atoms with Crippen LogP contribution in [0.3, 0.4) is 0 Å².